The summed E-state index contributed by atoms with van der Waals surface area (Å²) in [7, 11) is 1.65. The lowest BCUT2D eigenvalue weighted by Crippen LogP contribution is -2.48. The number of β-amino-alcohol motifs (C(OH)–C–C–N with tert-alkyl or cyclic N) is 1. The topological polar surface area (TPSA) is 45.2 Å². The van der Waals surface area contributed by atoms with E-state index in [-0.39, 0.29) is 6.61 Å². The van der Waals surface area contributed by atoms with Crippen molar-refractivity contribution in [3.05, 3.63) is 71.3 Å². The second kappa shape index (κ2) is 11.4. The van der Waals surface area contributed by atoms with Crippen LogP contribution >= 0.6 is 11.6 Å². The fourth-order valence-corrected chi connectivity index (χ4v) is 3.78. The number of aliphatic hydroxyl groups is 1. The molecule has 0 radical (unpaired) electrons. The third-order valence-corrected chi connectivity index (χ3v) is 5.57. The SMILES string of the molecule is C=CCc1cc(OC)ccc1OC[C@@H](O)CN1CCN(Cc2ccc(Cl)cc2)CC1. The predicted molar refractivity (Wildman–Crippen MR) is 122 cm³/mol. The maximum absolute atomic E-state index is 10.5. The Morgan fingerprint density at radius 1 is 1.10 bits per heavy atom. The Morgan fingerprint density at radius 2 is 1.80 bits per heavy atom. The molecule has 0 amide bonds. The molecule has 1 heterocycles. The Hall–Kier alpha value is -2.05. The fourth-order valence-electron chi connectivity index (χ4n) is 3.65. The lowest BCUT2D eigenvalue weighted by atomic mass is 10.1. The first-order valence-corrected chi connectivity index (χ1v) is 10.7. The van der Waals surface area contributed by atoms with Crippen LogP contribution in [0.2, 0.25) is 5.02 Å². The number of hydrogen-bond donors (Lipinski definition) is 1. The van der Waals surface area contributed by atoms with Crippen LogP contribution in [0.25, 0.3) is 0 Å². The summed E-state index contributed by atoms with van der Waals surface area (Å²) in [5.41, 5.74) is 2.28. The zero-order valence-electron chi connectivity index (χ0n) is 17.6. The monoisotopic (exact) mass is 430 g/mol. The molecule has 0 unspecified atom stereocenters. The van der Waals surface area contributed by atoms with Crippen LogP contribution < -0.4 is 9.47 Å². The van der Waals surface area contributed by atoms with Crippen LogP contribution in [0.5, 0.6) is 11.5 Å². The van der Waals surface area contributed by atoms with Crippen molar-refractivity contribution in [2.75, 3.05) is 46.4 Å². The van der Waals surface area contributed by atoms with E-state index in [4.69, 9.17) is 21.1 Å². The number of nitrogens with zero attached hydrogens (tertiary/aromatic N) is 2. The predicted octanol–water partition coefficient (Wildman–Crippen LogP) is 3.63. The number of halogens is 1. The van der Waals surface area contributed by atoms with Gasteiger partial charge in [-0.05, 0) is 42.3 Å². The Morgan fingerprint density at radius 3 is 2.47 bits per heavy atom. The molecule has 1 aliphatic rings. The number of rotatable bonds is 10. The minimum absolute atomic E-state index is 0.265. The van der Waals surface area contributed by atoms with Gasteiger partial charge in [0, 0.05) is 49.9 Å². The van der Waals surface area contributed by atoms with E-state index >= 15 is 0 Å². The van der Waals surface area contributed by atoms with Crippen molar-refractivity contribution >= 4 is 11.6 Å². The lowest BCUT2D eigenvalue weighted by molar-refractivity contribution is 0.0444. The largest absolute Gasteiger partial charge is 0.497 e. The van der Waals surface area contributed by atoms with Crippen LogP contribution in [-0.4, -0.2) is 67.5 Å². The normalized spacial score (nSPS) is 16.2. The first-order valence-electron chi connectivity index (χ1n) is 10.3. The second-order valence-electron chi connectivity index (χ2n) is 7.63. The van der Waals surface area contributed by atoms with Gasteiger partial charge in [-0.15, -0.1) is 6.58 Å². The molecule has 1 saturated heterocycles. The molecule has 1 aliphatic heterocycles. The molecule has 2 aromatic carbocycles. The van der Waals surface area contributed by atoms with E-state index in [1.54, 1.807) is 7.11 Å². The molecular formula is C24H31ClN2O3. The van der Waals surface area contributed by atoms with Gasteiger partial charge in [-0.1, -0.05) is 29.8 Å². The Balaban J connectivity index is 1.42. The first-order chi connectivity index (χ1) is 14.6. The average Bonchev–Trinajstić information content (AvgIpc) is 2.76. The third-order valence-electron chi connectivity index (χ3n) is 5.32. The molecule has 1 atom stereocenters. The molecule has 1 N–H and O–H groups in total. The van der Waals surface area contributed by atoms with Crippen LogP contribution in [0.1, 0.15) is 11.1 Å². The summed E-state index contributed by atoms with van der Waals surface area (Å²) in [6.45, 7) is 9.46. The summed E-state index contributed by atoms with van der Waals surface area (Å²) in [4.78, 5) is 4.73. The highest BCUT2D eigenvalue weighted by Gasteiger charge is 2.20. The van der Waals surface area contributed by atoms with Gasteiger partial charge < -0.3 is 14.6 Å². The standard InChI is InChI=1S/C24H31ClN2O3/c1-3-4-20-15-23(29-2)9-10-24(20)30-18-22(28)17-27-13-11-26(12-14-27)16-19-5-7-21(25)8-6-19/h3,5-10,15,22,28H,1,4,11-14,16-18H2,2H3/t22-/m0/s1. The number of aliphatic hydroxyl groups excluding tert-OH is 1. The van der Waals surface area contributed by atoms with Crippen LogP contribution in [0, 0.1) is 0 Å². The van der Waals surface area contributed by atoms with Crippen LogP contribution in [0.3, 0.4) is 0 Å². The molecule has 0 bridgehead atoms. The molecule has 3 rings (SSSR count). The summed E-state index contributed by atoms with van der Waals surface area (Å²) in [5.74, 6) is 1.55. The van der Waals surface area contributed by atoms with Crippen molar-refractivity contribution in [1.29, 1.82) is 0 Å². The number of hydrogen-bond acceptors (Lipinski definition) is 5. The highest BCUT2D eigenvalue weighted by Crippen LogP contribution is 2.25. The van der Waals surface area contributed by atoms with Gasteiger partial charge in [-0.2, -0.15) is 0 Å². The molecule has 30 heavy (non-hydrogen) atoms. The highest BCUT2D eigenvalue weighted by atomic mass is 35.5. The van der Waals surface area contributed by atoms with Gasteiger partial charge in [0.25, 0.3) is 0 Å². The van der Waals surface area contributed by atoms with Crippen LogP contribution in [0.4, 0.5) is 0 Å². The molecular weight excluding hydrogens is 400 g/mol. The fraction of sp³-hybridized carbons (Fsp3) is 0.417. The first kappa shape index (κ1) is 22.6. The van der Waals surface area contributed by atoms with Crippen LogP contribution in [0.15, 0.2) is 55.1 Å². The second-order valence-corrected chi connectivity index (χ2v) is 8.07. The van der Waals surface area contributed by atoms with Crippen molar-refractivity contribution in [3.63, 3.8) is 0 Å². The molecule has 1 fully saturated rings. The minimum Gasteiger partial charge on any atom is -0.497 e. The van der Waals surface area contributed by atoms with Gasteiger partial charge in [0.05, 0.1) is 7.11 Å². The summed E-state index contributed by atoms with van der Waals surface area (Å²) in [6, 6.07) is 13.7. The molecule has 2 aromatic rings. The lowest BCUT2D eigenvalue weighted by Gasteiger charge is -2.35. The van der Waals surface area contributed by atoms with Crippen molar-refractivity contribution < 1.29 is 14.6 Å². The van der Waals surface area contributed by atoms with E-state index in [1.807, 2.05) is 36.4 Å². The molecule has 0 saturated carbocycles. The number of piperazine rings is 1. The minimum atomic E-state index is -0.536. The maximum atomic E-state index is 10.5. The van der Waals surface area contributed by atoms with Gasteiger partial charge in [-0.3, -0.25) is 9.80 Å². The van der Waals surface area contributed by atoms with Gasteiger partial charge in [-0.25, -0.2) is 0 Å². The van der Waals surface area contributed by atoms with Crippen molar-refractivity contribution in [2.24, 2.45) is 0 Å². The Kier molecular flexibility index (Phi) is 8.58. The highest BCUT2D eigenvalue weighted by molar-refractivity contribution is 6.30. The van der Waals surface area contributed by atoms with E-state index in [2.05, 4.69) is 28.5 Å². The summed E-state index contributed by atoms with van der Waals surface area (Å²) in [6.07, 6.45) is 1.99. The maximum Gasteiger partial charge on any atom is 0.123 e. The number of methoxy groups -OCH3 is 1. The van der Waals surface area contributed by atoms with Gasteiger partial charge in [0.1, 0.15) is 24.2 Å². The molecule has 0 spiro atoms. The average molecular weight is 431 g/mol. The molecule has 0 aromatic heterocycles. The van der Waals surface area contributed by atoms with Crippen molar-refractivity contribution in [3.8, 4) is 11.5 Å². The van der Waals surface area contributed by atoms with Crippen LogP contribution in [-0.2, 0) is 13.0 Å². The summed E-state index contributed by atoms with van der Waals surface area (Å²) < 4.78 is 11.2. The smallest absolute Gasteiger partial charge is 0.123 e. The third kappa shape index (κ3) is 6.74. The van der Waals surface area contributed by atoms with Gasteiger partial charge in [0.15, 0.2) is 0 Å². The van der Waals surface area contributed by atoms with Crippen molar-refractivity contribution in [1.82, 2.24) is 9.80 Å². The quantitative estimate of drug-likeness (QED) is 0.583. The van der Waals surface area contributed by atoms with E-state index < -0.39 is 6.10 Å². The Labute approximate surface area is 184 Å². The Bertz CT molecular complexity index is 805. The van der Waals surface area contributed by atoms with E-state index in [0.29, 0.717) is 13.0 Å². The zero-order valence-corrected chi connectivity index (χ0v) is 18.4. The number of allylic oxidation sites excluding steroid dienone is 1. The summed E-state index contributed by atoms with van der Waals surface area (Å²) in [5, 5.41) is 11.2. The van der Waals surface area contributed by atoms with E-state index in [0.717, 1.165) is 54.8 Å². The van der Waals surface area contributed by atoms with E-state index in [1.165, 1.54) is 5.56 Å². The molecule has 5 nitrogen and oxygen atoms in total. The van der Waals surface area contributed by atoms with Gasteiger partial charge in [0.2, 0.25) is 0 Å². The molecule has 6 heteroatoms. The number of benzene rings is 2. The number of ether oxygens (including phenoxy) is 2. The molecule has 0 aliphatic carbocycles. The van der Waals surface area contributed by atoms with E-state index in [9.17, 15) is 5.11 Å². The summed E-state index contributed by atoms with van der Waals surface area (Å²) >= 11 is 5.96. The molecule has 162 valence electrons. The zero-order chi connectivity index (χ0) is 21.3. The van der Waals surface area contributed by atoms with Crippen molar-refractivity contribution in [2.45, 2.75) is 19.1 Å². The van der Waals surface area contributed by atoms with Gasteiger partial charge >= 0.3 is 0 Å².